The molecule has 1 aromatic rings. The second kappa shape index (κ2) is 7.58. The van der Waals surface area contributed by atoms with E-state index in [1.807, 2.05) is 25.1 Å². The Morgan fingerprint density at radius 1 is 1.28 bits per heavy atom. The molecule has 0 bridgehead atoms. The van der Waals surface area contributed by atoms with Crippen molar-refractivity contribution in [2.45, 2.75) is 27.2 Å². The summed E-state index contributed by atoms with van der Waals surface area (Å²) in [5.74, 6) is 0.577. The molecule has 0 aliphatic carbocycles. The lowest BCUT2D eigenvalue weighted by atomic mass is 10.2. The van der Waals surface area contributed by atoms with Gasteiger partial charge in [-0.25, -0.2) is 4.79 Å². The second-order valence-corrected chi connectivity index (χ2v) is 3.99. The monoisotopic (exact) mass is 250 g/mol. The van der Waals surface area contributed by atoms with Crippen LogP contribution in [-0.4, -0.2) is 25.7 Å². The first-order valence-electron chi connectivity index (χ1n) is 6.51. The Bertz CT molecular complexity index is 376. The average molecular weight is 250 g/mol. The molecule has 0 unspecified atom stereocenters. The fourth-order valence-corrected chi connectivity index (χ4v) is 1.70. The van der Waals surface area contributed by atoms with Gasteiger partial charge in [-0.3, -0.25) is 0 Å². The number of nitrogens with one attached hydrogen (secondary N) is 1. The summed E-state index contributed by atoms with van der Waals surface area (Å²) in [7, 11) is 0. The smallest absolute Gasteiger partial charge is 0.410 e. The number of carbonyl (C=O) groups is 1. The predicted molar refractivity (Wildman–Crippen MR) is 74.3 cm³/mol. The first kappa shape index (κ1) is 14.4. The molecular formula is C14H22N2O2. The van der Waals surface area contributed by atoms with Crippen molar-refractivity contribution in [3.8, 4) is 5.75 Å². The van der Waals surface area contributed by atoms with E-state index < -0.39 is 6.09 Å². The molecule has 1 rings (SSSR count). The fourth-order valence-electron chi connectivity index (χ4n) is 1.70. The lowest BCUT2D eigenvalue weighted by Gasteiger charge is -2.21. The van der Waals surface area contributed by atoms with Gasteiger partial charge in [-0.05, 0) is 32.4 Å². The van der Waals surface area contributed by atoms with Crippen molar-refractivity contribution >= 4 is 11.8 Å². The van der Waals surface area contributed by atoms with Gasteiger partial charge in [-0.2, -0.15) is 0 Å². The zero-order valence-electron chi connectivity index (χ0n) is 11.4. The fraction of sp³-hybridized carbons (Fsp3) is 0.500. The molecule has 100 valence electrons. The number of anilines is 1. The van der Waals surface area contributed by atoms with Crippen molar-refractivity contribution in [2.24, 2.45) is 0 Å². The van der Waals surface area contributed by atoms with E-state index >= 15 is 0 Å². The zero-order valence-corrected chi connectivity index (χ0v) is 11.4. The van der Waals surface area contributed by atoms with Crippen molar-refractivity contribution < 1.29 is 9.53 Å². The standard InChI is InChI=1S/C14H22N2O2/c1-4-10-15-14(17)18-13-9-7-8-12(11-13)16(5-2)6-3/h7-9,11H,4-6,10H2,1-3H3,(H,15,17). The molecule has 4 heteroatoms. The largest absolute Gasteiger partial charge is 0.412 e. The molecule has 0 heterocycles. The number of carbonyl (C=O) groups excluding carboxylic acids is 1. The SMILES string of the molecule is CCCNC(=O)Oc1cccc(N(CC)CC)c1. The molecule has 1 amide bonds. The Balaban J connectivity index is 2.67. The third-order valence-electron chi connectivity index (χ3n) is 2.68. The van der Waals surface area contributed by atoms with Crippen LogP contribution in [-0.2, 0) is 0 Å². The van der Waals surface area contributed by atoms with E-state index in [9.17, 15) is 4.79 Å². The predicted octanol–water partition coefficient (Wildman–Crippen LogP) is 3.03. The summed E-state index contributed by atoms with van der Waals surface area (Å²) in [4.78, 5) is 13.6. The first-order valence-corrected chi connectivity index (χ1v) is 6.51. The van der Waals surface area contributed by atoms with Crippen LogP contribution in [0.5, 0.6) is 5.75 Å². The quantitative estimate of drug-likeness (QED) is 0.843. The summed E-state index contributed by atoms with van der Waals surface area (Å²) in [6.07, 6.45) is 0.503. The molecule has 1 N–H and O–H groups in total. The molecule has 0 aliphatic rings. The summed E-state index contributed by atoms with van der Waals surface area (Å²) >= 11 is 0. The topological polar surface area (TPSA) is 41.6 Å². The minimum absolute atomic E-state index is 0.395. The van der Waals surface area contributed by atoms with E-state index in [-0.39, 0.29) is 0 Å². The van der Waals surface area contributed by atoms with Crippen LogP contribution in [0.25, 0.3) is 0 Å². The van der Waals surface area contributed by atoms with Gasteiger partial charge in [-0.15, -0.1) is 0 Å². The Labute approximate surface area is 109 Å². The van der Waals surface area contributed by atoms with Gasteiger partial charge in [0, 0.05) is 31.4 Å². The van der Waals surface area contributed by atoms with Crippen LogP contribution in [0, 0.1) is 0 Å². The van der Waals surface area contributed by atoms with Gasteiger partial charge in [0.1, 0.15) is 5.75 Å². The number of benzene rings is 1. The molecular weight excluding hydrogens is 228 g/mol. The van der Waals surface area contributed by atoms with E-state index in [2.05, 4.69) is 24.1 Å². The Morgan fingerprint density at radius 3 is 2.61 bits per heavy atom. The van der Waals surface area contributed by atoms with Crippen LogP contribution in [0.3, 0.4) is 0 Å². The zero-order chi connectivity index (χ0) is 13.4. The summed E-state index contributed by atoms with van der Waals surface area (Å²) in [5.41, 5.74) is 1.07. The van der Waals surface area contributed by atoms with Crippen LogP contribution < -0.4 is 15.0 Å². The van der Waals surface area contributed by atoms with Gasteiger partial charge in [0.15, 0.2) is 0 Å². The van der Waals surface area contributed by atoms with Gasteiger partial charge < -0.3 is 15.0 Å². The minimum Gasteiger partial charge on any atom is -0.410 e. The van der Waals surface area contributed by atoms with Crippen LogP contribution in [0.4, 0.5) is 10.5 Å². The van der Waals surface area contributed by atoms with E-state index in [4.69, 9.17) is 4.74 Å². The maximum absolute atomic E-state index is 11.4. The summed E-state index contributed by atoms with van der Waals surface area (Å²) in [5, 5.41) is 2.68. The van der Waals surface area contributed by atoms with Crippen molar-refractivity contribution in [1.29, 1.82) is 0 Å². The van der Waals surface area contributed by atoms with Crippen LogP contribution in [0.2, 0.25) is 0 Å². The number of ether oxygens (including phenoxy) is 1. The summed E-state index contributed by atoms with van der Waals surface area (Å²) in [6, 6.07) is 7.59. The third kappa shape index (κ3) is 4.28. The number of hydrogen-bond acceptors (Lipinski definition) is 3. The number of nitrogens with zero attached hydrogens (tertiary/aromatic N) is 1. The van der Waals surface area contributed by atoms with E-state index in [0.717, 1.165) is 25.2 Å². The average Bonchev–Trinajstić information content (AvgIpc) is 2.38. The molecule has 0 aliphatic heterocycles. The highest BCUT2D eigenvalue weighted by atomic mass is 16.6. The highest BCUT2D eigenvalue weighted by molar-refractivity contribution is 5.70. The van der Waals surface area contributed by atoms with E-state index in [1.54, 1.807) is 6.07 Å². The highest BCUT2D eigenvalue weighted by Crippen LogP contribution is 2.20. The molecule has 0 fully saturated rings. The maximum Gasteiger partial charge on any atom is 0.412 e. The van der Waals surface area contributed by atoms with Crippen molar-refractivity contribution in [3.05, 3.63) is 24.3 Å². The lowest BCUT2D eigenvalue weighted by molar-refractivity contribution is 0.200. The Morgan fingerprint density at radius 2 is 2.00 bits per heavy atom. The van der Waals surface area contributed by atoms with Gasteiger partial charge in [0.05, 0.1) is 0 Å². The van der Waals surface area contributed by atoms with Crippen molar-refractivity contribution in [1.82, 2.24) is 5.32 Å². The number of amides is 1. The van der Waals surface area contributed by atoms with Gasteiger partial charge in [-0.1, -0.05) is 13.0 Å². The van der Waals surface area contributed by atoms with Crippen LogP contribution in [0.1, 0.15) is 27.2 Å². The number of hydrogen-bond donors (Lipinski definition) is 1. The third-order valence-corrected chi connectivity index (χ3v) is 2.68. The van der Waals surface area contributed by atoms with Crippen LogP contribution in [0.15, 0.2) is 24.3 Å². The molecule has 0 saturated heterocycles. The van der Waals surface area contributed by atoms with E-state index in [0.29, 0.717) is 12.3 Å². The molecule has 0 atom stereocenters. The van der Waals surface area contributed by atoms with Crippen molar-refractivity contribution in [3.63, 3.8) is 0 Å². The normalized spacial score (nSPS) is 9.94. The van der Waals surface area contributed by atoms with Gasteiger partial charge >= 0.3 is 6.09 Å². The minimum atomic E-state index is -0.395. The molecule has 4 nitrogen and oxygen atoms in total. The molecule has 0 aromatic heterocycles. The van der Waals surface area contributed by atoms with Crippen LogP contribution >= 0.6 is 0 Å². The Kier molecular flexibility index (Phi) is 6.05. The first-order chi connectivity index (χ1) is 8.71. The Hall–Kier alpha value is -1.71. The molecule has 0 saturated carbocycles. The van der Waals surface area contributed by atoms with Gasteiger partial charge in [0.2, 0.25) is 0 Å². The van der Waals surface area contributed by atoms with Gasteiger partial charge in [0.25, 0.3) is 0 Å². The molecule has 0 spiro atoms. The summed E-state index contributed by atoms with van der Waals surface area (Å²) < 4.78 is 5.22. The van der Waals surface area contributed by atoms with Crippen molar-refractivity contribution in [2.75, 3.05) is 24.5 Å². The van der Waals surface area contributed by atoms with E-state index in [1.165, 1.54) is 0 Å². The second-order valence-electron chi connectivity index (χ2n) is 3.99. The molecule has 0 radical (unpaired) electrons. The molecule has 1 aromatic carbocycles. The molecule has 18 heavy (non-hydrogen) atoms. The maximum atomic E-state index is 11.4. The number of rotatable bonds is 6. The highest BCUT2D eigenvalue weighted by Gasteiger charge is 2.06. The summed E-state index contributed by atoms with van der Waals surface area (Å²) in [6.45, 7) is 8.70. The lowest BCUT2D eigenvalue weighted by Crippen LogP contribution is -2.27.